The van der Waals surface area contributed by atoms with Crippen molar-refractivity contribution in [2.45, 2.75) is 49.6 Å². The fourth-order valence-corrected chi connectivity index (χ4v) is 3.93. The van der Waals surface area contributed by atoms with E-state index in [0.717, 1.165) is 0 Å². The number of esters is 1. The molecule has 0 spiro atoms. The monoisotopic (exact) mass is 373 g/mol. The Morgan fingerprint density at radius 2 is 1.92 bits per heavy atom. The molecule has 3 rings (SSSR count). The van der Waals surface area contributed by atoms with Gasteiger partial charge in [0.25, 0.3) is 0 Å². The normalized spacial score (nSPS) is 20.5. The zero-order chi connectivity index (χ0) is 19.1. The molecule has 1 aliphatic rings. The summed E-state index contributed by atoms with van der Waals surface area (Å²) in [6.45, 7) is 5.94. The zero-order valence-electron chi connectivity index (χ0n) is 15.4. The third kappa shape index (κ3) is 3.14. The first-order valence-electron chi connectivity index (χ1n) is 8.52. The average Bonchev–Trinajstić information content (AvgIpc) is 3.15. The smallest absolute Gasteiger partial charge is 0.326 e. The second-order valence-electron chi connectivity index (χ2n) is 7.56. The molecule has 0 aliphatic carbocycles. The summed E-state index contributed by atoms with van der Waals surface area (Å²) in [4.78, 5) is 27.2. The highest BCUT2D eigenvalue weighted by Crippen LogP contribution is 2.40. The molecule has 2 heterocycles. The summed E-state index contributed by atoms with van der Waals surface area (Å²) < 4.78 is 19.4. The molecule has 1 aromatic heterocycles. The maximum Gasteiger partial charge on any atom is 0.326 e. The quantitative estimate of drug-likeness (QED) is 0.469. The van der Waals surface area contributed by atoms with Gasteiger partial charge >= 0.3 is 5.97 Å². The lowest BCUT2D eigenvalue weighted by Crippen LogP contribution is -2.46. The van der Waals surface area contributed by atoms with Crippen LogP contribution in [0.2, 0.25) is 0 Å². The van der Waals surface area contributed by atoms with Gasteiger partial charge in [0.05, 0.1) is 0 Å². The number of Topliss-reactive ketones (excluding diaryl/α,β-unsaturated/α-hetero) is 1. The van der Waals surface area contributed by atoms with Crippen LogP contribution in [0.4, 0.5) is 0 Å². The standard InChI is InChI=1S/C20H23NO4S/c1-19(2,3)25-18(23)20(10-12-21-11-6-9-16(20)21)17(22)14-7-5-8-15(13-14)26(4)24/h5-9,11,13H,10,12H2,1-4H3. The number of fused-ring (bicyclic) bond motifs is 1. The van der Waals surface area contributed by atoms with Gasteiger partial charge in [-0.1, -0.05) is 12.1 Å². The molecule has 6 heteroatoms. The van der Waals surface area contributed by atoms with Crippen molar-refractivity contribution in [2.24, 2.45) is 0 Å². The van der Waals surface area contributed by atoms with E-state index in [2.05, 4.69) is 0 Å². The molecule has 5 nitrogen and oxygen atoms in total. The van der Waals surface area contributed by atoms with E-state index in [0.29, 0.717) is 29.1 Å². The van der Waals surface area contributed by atoms with Gasteiger partial charge in [0.2, 0.25) is 0 Å². The van der Waals surface area contributed by atoms with Gasteiger partial charge in [-0.3, -0.25) is 13.8 Å². The van der Waals surface area contributed by atoms with Gasteiger partial charge in [-0.2, -0.15) is 0 Å². The first-order chi connectivity index (χ1) is 12.1. The van der Waals surface area contributed by atoms with E-state index in [1.807, 2.05) is 16.8 Å². The molecule has 1 aromatic carbocycles. The third-order valence-electron chi connectivity index (χ3n) is 4.56. The molecule has 0 bridgehead atoms. The van der Waals surface area contributed by atoms with Crippen molar-refractivity contribution in [3.05, 3.63) is 53.9 Å². The first kappa shape index (κ1) is 18.6. The number of ketones is 1. The van der Waals surface area contributed by atoms with Gasteiger partial charge in [-0.15, -0.1) is 0 Å². The van der Waals surface area contributed by atoms with Gasteiger partial charge in [0.1, 0.15) is 5.60 Å². The first-order valence-corrected chi connectivity index (χ1v) is 10.1. The highest BCUT2D eigenvalue weighted by Gasteiger charge is 2.54. The molecule has 2 unspecified atom stereocenters. The summed E-state index contributed by atoms with van der Waals surface area (Å²) in [7, 11) is -1.21. The molecule has 0 amide bonds. The summed E-state index contributed by atoms with van der Waals surface area (Å²) in [5.74, 6) is -0.841. The van der Waals surface area contributed by atoms with E-state index in [-0.39, 0.29) is 5.78 Å². The van der Waals surface area contributed by atoms with Crippen LogP contribution in [0.25, 0.3) is 0 Å². The summed E-state index contributed by atoms with van der Waals surface area (Å²) in [6.07, 6.45) is 3.79. The molecule has 1 aliphatic heterocycles. The number of carbonyl (C=O) groups is 2. The van der Waals surface area contributed by atoms with Crippen LogP contribution in [-0.2, 0) is 32.3 Å². The average molecular weight is 373 g/mol. The second kappa shape index (κ2) is 6.50. The molecule has 0 saturated carbocycles. The lowest BCUT2D eigenvalue weighted by Gasteiger charge is -2.30. The van der Waals surface area contributed by atoms with Gasteiger partial charge in [-0.05, 0) is 51.5 Å². The molecular formula is C20H23NO4S. The van der Waals surface area contributed by atoms with E-state index in [1.54, 1.807) is 57.4 Å². The van der Waals surface area contributed by atoms with Gasteiger partial charge in [0, 0.05) is 45.9 Å². The van der Waals surface area contributed by atoms with Crippen LogP contribution in [0, 0.1) is 0 Å². The Kier molecular flexibility index (Phi) is 4.65. The van der Waals surface area contributed by atoms with E-state index >= 15 is 0 Å². The van der Waals surface area contributed by atoms with Crippen LogP contribution in [0.1, 0.15) is 43.2 Å². The topological polar surface area (TPSA) is 65.4 Å². The molecule has 0 N–H and O–H groups in total. The summed E-state index contributed by atoms with van der Waals surface area (Å²) in [5, 5.41) is 0. The van der Waals surface area contributed by atoms with E-state index in [4.69, 9.17) is 4.74 Å². The van der Waals surface area contributed by atoms with Crippen LogP contribution in [-0.4, -0.2) is 32.4 Å². The van der Waals surface area contributed by atoms with Crippen molar-refractivity contribution in [2.75, 3.05) is 6.26 Å². The SMILES string of the molecule is CS(=O)c1cccc(C(=O)C2(C(=O)OC(C)(C)C)CCn3cccc32)c1. The second-order valence-corrected chi connectivity index (χ2v) is 8.93. The van der Waals surface area contributed by atoms with Crippen LogP contribution < -0.4 is 0 Å². The maximum absolute atomic E-state index is 13.5. The molecule has 26 heavy (non-hydrogen) atoms. The van der Waals surface area contributed by atoms with Crippen LogP contribution >= 0.6 is 0 Å². The largest absolute Gasteiger partial charge is 0.459 e. The van der Waals surface area contributed by atoms with Crippen molar-refractivity contribution < 1.29 is 18.5 Å². The number of rotatable bonds is 4. The number of aryl methyl sites for hydroxylation is 1. The summed E-state index contributed by atoms with van der Waals surface area (Å²) in [6, 6.07) is 10.3. The molecular weight excluding hydrogens is 350 g/mol. The van der Waals surface area contributed by atoms with Crippen molar-refractivity contribution in [3.63, 3.8) is 0 Å². The van der Waals surface area contributed by atoms with Crippen molar-refractivity contribution in [1.29, 1.82) is 0 Å². The van der Waals surface area contributed by atoms with Crippen molar-refractivity contribution in [1.82, 2.24) is 4.57 Å². The molecule has 2 atom stereocenters. The minimum Gasteiger partial charge on any atom is -0.459 e. The van der Waals surface area contributed by atoms with E-state index in [1.165, 1.54) is 0 Å². The van der Waals surface area contributed by atoms with Crippen LogP contribution in [0.3, 0.4) is 0 Å². The number of hydrogen-bond donors (Lipinski definition) is 0. The Hall–Kier alpha value is -2.21. The van der Waals surface area contributed by atoms with Gasteiger partial charge in [-0.25, -0.2) is 0 Å². The fourth-order valence-electron chi connectivity index (χ4n) is 3.37. The predicted molar refractivity (Wildman–Crippen MR) is 99.7 cm³/mol. The number of aromatic nitrogens is 1. The molecule has 138 valence electrons. The predicted octanol–water partition coefficient (Wildman–Crippen LogP) is 3.09. The van der Waals surface area contributed by atoms with E-state index < -0.39 is 27.8 Å². The minimum absolute atomic E-state index is 0.309. The molecule has 0 saturated heterocycles. The summed E-state index contributed by atoms with van der Waals surface area (Å²) in [5.41, 5.74) is -1.04. The number of carbonyl (C=O) groups excluding carboxylic acids is 2. The maximum atomic E-state index is 13.5. The summed E-state index contributed by atoms with van der Waals surface area (Å²) >= 11 is 0. The lowest BCUT2D eigenvalue weighted by molar-refractivity contribution is -0.160. The van der Waals surface area contributed by atoms with Crippen LogP contribution in [0.15, 0.2) is 47.5 Å². The Morgan fingerprint density at radius 1 is 1.19 bits per heavy atom. The lowest BCUT2D eigenvalue weighted by atomic mass is 9.76. The number of benzene rings is 1. The molecule has 0 radical (unpaired) electrons. The van der Waals surface area contributed by atoms with E-state index in [9.17, 15) is 13.8 Å². The number of ether oxygens (including phenoxy) is 1. The Balaban J connectivity index is 2.11. The van der Waals surface area contributed by atoms with Crippen LogP contribution in [0.5, 0.6) is 0 Å². The third-order valence-corrected chi connectivity index (χ3v) is 5.48. The van der Waals surface area contributed by atoms with Crippen molar-refractivity contribution in [3.8, 4) is 0 Å². The van der Waals surface area contributed by atoms with Gasteiger partial charge < -0.3 is 9.30 Å². The highest BCUT2D eigenvalue weighted by molar-refractivity contribution is 7.84. The zero-order valence-corrected chi connectivity index (χ0v) is 16.3. The minimum atomic E-state index is -1.37. The van der Waals surface area contributed by atoms with Gasteiger partial charge in [0.15, 0.2) is 11.2 Å². The molecule has 0 fully saturated rings. The molecule has 2 aromatic rings. The Morgan fingerprint density at radius 3 is 2.58 bits per heavy atom. The Bertz CT molecular complexity index is 893. The highest BCUT2D eigenvalue weighted by atomic mass is 32.2. The number of hydrogen-bond acceptors (Lipinski definition) is 4. The van der Waals surface area contributed by atoms with Crippen molar-refractivity contribution >= 4 is 22.6 Å². The Labute approximate surface area is 155 Å². The fraction of sp³-hybridized carbons (Fsp3) is 0.400. The number of nitrogens with zero attached hydrogens (tertiary/aromatic N) is 1.